The van der Waals surface area contributed by atoms with Gasteiger partial charge in [-0.25, -0.2) is 4.79 Å². The molecule has 4 heterocycles. The lowest BCUT2D eigenvalue weighted by atomic mass is 10.0. The number of ether oxygens (including phenoxy) is 1. The number of rotatable bonds is 5. The molecular weight excluding hydrogens is 673 g/mol. The topological polar surface area (TPSA) is 114 Å². The third kappa shape index (κ3) is 7.12. The van der Waals surface area contributed by atoms with Crippen LogP contribution in [0.5, 0.6) is 0 Å². The van der Waals surface area contributed by atoms with Gasteiger partial charge in [0, 0.05) is 37.8 Å². The van der Waals surface area contributed by atoms with Crippen molar-refractivity contribution in [1.82, 2.24) is 24.1 Å². The molecule has 0 radical (unpaired) electrons. The monoisotopic (exact) mass is 713 g/mol. The summed E-state index contributed by atoms with van der Waals surface area (Å²) in [6.45, 7) is 8.40. The third-order valence-corrected chi connectivity index (χ3v) is 10.2. The Morgan fingerprint density at radius 1 is 0.980 bits per heavy atom. The summed E-state index contributed by atoms with van der Waals surface area (Å²) in [6, 6.07) is 1.11. The van der Waals surface area contributed by atoms with Crippen LogP contribution in [0.4, 0.5) is 35.6 Å². The van der Waals surface area contributed by atoms with Crippen molar-refractivity contribution in [3.63, 3.8) is 0 Å². The van der Waals surface area contributed by atoms with Gasteiger partial charge in [0.25, 0.3) is 5.56 Å². The number of amides is 2. The Labute approximate surface area is 279 Å². The molecule has 2 aromatic heterocycles. The number of fused-ring (bicyclic) bond motifs is 3. The summed E-state index contributed by atoms with van der Waals surface area (Å²) < 4.78 is 74.8. The first-order valence-corrected chi connectivity index (χ1v) is 18.3. The number of halogens is 5. The van der Waals surface area contributed by atoms with Crippen molar-refractivity contribution in [2.24, 2.45) is 0 Å². The fourth-order valence-electron chi connectivity index (χ4n) is 6.69. The summed E-state index contributed by atoms with van der Waals surface area (Å²) in [7, 11) is -9.89. The number of carbonyl (C=O) groups is 2. The van der Waals surface area contributed by atoms with Gasteiger partial charge in [0.05, 0.1) is 5.69 Å². The molecule has 0 saturated carbocycles. The van der Waals surface area contributed by atoms with Gasteiger partial charge in [-0.15, -0.1) is 5.10 Å². The zero-order chi connectivity index (χ0) is 35.6. The lowest BCUT2D eigenvalue weighted by Gasteiger charge is -2.40. The van der Waals surface area contributed by atoms with Gasteiger partial charge < -0.3 is 19.9 Å². The van der Waals surface area contributed by atoms with Crippen LogP contribution in [-0.2, 0) is 9.53 Å². The molecule has 6 rings (SSSR count). The van der Waals surface area contributed by atoms with E-state index in [2.05, 4.69) is 16.5 Å². The molecule has 0 spiro atoms. The number of aromatic nitrogens is 4. The molecule has 1 N–H and O–H groups in total. The van der Waals surface area contributed by atoms with Crippen LogP contribution in [-0.4, -0.2) is 67.8 Å². The van der Waals surface area contributed by atoms with E-state index in [1.807, 2.05) is 11.8 Å². The molecule has 3 aliphatic rings. The first kappa shape index (κ1) is 34.7. The number of nitrogens with zero attached hydrogens (tertiary/aromatic N) is 6. The van der Waals surface area contributed by atoms with Crippen molar-refractivity contribution in [3.8, 4) is 0 Å². The molecule has 17 heteroatoms. The molecule has 1 aliphatic carbocycles. The minimum atomic E-state index is -9.89. The summed E-state index contributed by atoms with van der Waals surface area (Å²) in [4.78, 5) is 47.0. The van der Waals surface area contributed by atoms with E-state index in [9.17, 15) is 33.8 Å². The molecule has 1 fully saturated rings. The van der Waals surface area contributed by atoms with Crippen LogP contribution in [0.25, 0.3) is 11.4 Å². The third-order valence-electron chi connectivity index (χ3n) is 9.00. The molecule has 1 aromatic carbocycles. The van der Waals surface area contributed by atoms with Gasteiger partial charge in [0.15, 0.2) is 5.82 Å². The maximum atomic E-state index is 14.3. The smallest absolute Gasteiger partial charge is 0.410 e. The normalized spacial score (nSPS) is 21.8. The highest BCUT2D eigenvalue weighted by Gasteiger charge is 2.65. The molecule has 49 heavy (non-hydrogen) atoms. The van der Waals surface area contributed by atoms with E-state index in [-0.39, 0.29) is 49.0 Å². The van der Waals surface area contributed by atoms with E-state index in [1.165, 1.54) is 4.52 Å². The standard InChI is InChI=1S/C32H40F5N7O4S/c1-20-19-24(28(45)38-22-11-13-23(14-12-22)49(33,34,35,36)37)43-25(20)26(41-15-17-42(18-16-41)31(47)48-32(2,3)4)29(46)44-30(43)39-27(40-44)21-9-7-5-6-8-10-21/h9,11-14,20,24H,5-8,10,15-19H2,1-4H3,(H,38,45)/t20-,24-/m0/s1. The molecule has 2 aliphatic heterocycles. The van der Waals surface area contributed by atoms with Gasteiger partial charge in [0.1, 0.15) is 22.2 Å². The van der Waals surface area contributed by atoms with E-state index in [4.69, 9.17) is 9.72 Å². The second kappa shape index (κ2) is 11.5. The highest BCUT2D eigenvalue weighted by atomic mass is 32.5. The summed E-state index contributed by atoms with van der Waals surface area (Å²) in [6.07, 6.45) is 6.42. The molecule has 11 nitrogen and oxygen atoms in total. The number of allylic oxidation sites excluding steroid dienone is 2. The molecule has 2 amide bonds. The zero-order valence-electron chi connectivity index (χ0n) is 27.7. The fourth-order valence-corrected chi connectivity index (χ4v) is 7.34. The Bertz CT molecular complexity index is 1900. The van der Waals surface area contributed by atoms with Gasteiger partial charge in [-0.1, -0.05) is 38.8 Å². The predicted octanol–water partition coefficient (Wildman–Crippen LogP) is 7.64. The summed E-state index contributed by atoms with van der Waals surface area (Å²) >= 11 is 0. The fraction of sp³-hybridized carbons (Fsp3) is 0.531. The second-order valence-electron chi connectivity index (χ2n) is 14.0. The maximum Gasteiger partial charge on any atom is 0.410 e. The number of carbonyl (C=O) groups excluding carboxylic acids is 2. The van der Waals surface area contributed by atoms with Crippen molar-refractivity contribution >= 4 is 44.9 Å². The Morgan fingerprint density at radius 3 is 2.29 bits per heavy atom. The molecule has 0 bridgehead atoms. The van der Waals surface area contributed by atoms with Crippen LogP contribution in [0.2, 0.25) is 0 Å². The highest BCUT2D eigenvalue weighted by molar-refractivity contribution is 8.45. The molecule has 268 valence electrons. The van der Waals surface area contributed by atoms with E-state index < -0.39 is 44.3 Å². The van der Waals surface area contributed by atoms with Crippen LogP contribution >= 0.6 is 10.2 Å². The average molecular weight is 714 g/mol. The average Bonchev–Trinajstić information content (AvgIpc) is 3.47. The number of hydrogen-bond donors (Lipinski definition) is 1. The highest BCUT2D eigenvalue weighted by Crippen LogP contribution is 3.02. The molecule has 1 saturated heterocycles. The number of benzene rings is 1. The minimum absolute atomic E-state index is 0.0991. The van der Waals surface area contributed by atoms with Crippen LogP contribution in [0.1, 0.15) is 89.7 Å². The van der Waals surface area contributed by atoms with Crippen LogP contribution < -0.4 is 15.8 Å². The lowest BCUT2D eigenvalue weighted by molar-refractivity contribution is -0.119. The van der Waals surface area contributed by atoms with Gasteiger partial charge in [-0.2, -0.15) is 9.50 Å². The number of piperazine rings is 1. The molecular formula is C32H40F5N7O4S. The second-order valence-corrected chi connectivity index (χ2v) is 16.4. The quantitative estimate of drug-likeness (QED) is 0.271. The van der Waals surface area contributed by atoms with Crippen molar-refractivity contribution in [1.29, 1.82) is 0 Å². The Morgan fingerprint density at radius 2 is 1.65 bits per heavy atom. The van der Waals surface area contributed by atoms with Crippen molar-refractivity contribution in [2.45, 2.75) is 88.7 Å². The van der Waals surface area contributed by atoms with Gasteiger partial charge in [-0.3, -0.25) is 14.2 Å². The minimum Gasteiger partial charge on any atom is -0.444 e. The number of hydrogen-bond acceptors (Lipinski definition) is 7. The Kier molecular flexibility index (Phi) is 8.11. The lowest BCUT2D eigenvalue weighted by Crippen LogP contribution is -2.51. The maximum absolute atomic E-state index is 14.3. The Hall–Kier alpha value is -4.15. The van der Waals surface area contributed by atoms with Crippen molar-refractivity contribution in [2.75, 3.05) is 36.4 Å². The number of anilines is 2. The largest absolute Gasteiger partial charge is 0.444 e. The van der Waals surface area contributed by atoms with Crippen molar-refractivity contribution < 1.29 is 33.8 Å². The zero-order valence-corrected chi connectivity index (χ0v) is 28.5. The summed E-state index contributed by atoms with van der Waals surface area (Å²) in [5.74, 6) is -0.418. The van der Waals surface area contributed by atoms with E-state index in [1.54, 1.807) is 30.2 Å². The first-order chi connectivity index (χ1) is 22.7. The van der Waals surface area contributed by atoms with E-state index in [0.717, 1.165) is 49.8 Å². The van der Waals surface area contributed by atoms with Gasteiger partial charge in [0.2, 0.25) is 11.7 Å². The van der Waals surface area contributed by atoms with Gasteiger partial charge in [-0.05, 0) is 82.7 Å². The van der Waals surface area contributed by atoms with Crippen LogP contribution in [0, 0.1) is 0 Å². The van der Waals surface area contributed by atoms with Gasteiger partial charge >= 0.3 is 16.3 Å². The van der Waals surface area contributed by atoms with E-state index >= 15 is 0 Å². The predicted molar refractivity (Wildman–Crippen MR) is 177 cm³/mol. The Balaban J connectivity index is 1.38. The SMILES string of the molecule is C[C@H]1C[C@@H](C(=O)Nc2ccc(S(F)(F)(F)(F)F)cc2)n2c1c(N1CCN(C(=O)OC(C)(C)C)CC1)c(=O)n1nc(C3=CCCCCC3)nc21. The molecule has 3 aromatic rings. The van der Waals surface area contributed by atoms with Crippen LogP contribution in [0.15, 0.2) is 40.0 Å². The number of nitrogens with one attached hydrogen (secondary N) is 1. The van der Waals surface area contributed by atoms with E-state index in [0.29, 0.717) is 30.3 Å². The first-order valence-electron chi connectivity index (χ1n) is 16.3. The molecule has 0 unspecified atom stereocenters. The summed E-state index contributed by atoms with van der Waals surface area (Å²) in [5, 5.41) is 7.19. The van der Waals surface area contributed by atoms with Crippen LogP contribution in [0.3, 0.4) is 0 Å². The van der Waals surface area contributed by atoms with Crippen molar-refractivity contribution in [3.05, 3.63) is 52.2 Å². The molecule has 2 atom stereocenters. The summed E-state index contributed by atoms with van der Waals surface area (Å²) in [5.41, 5.74) is 0.587.